The van der Waals surface area contributed by atoms with E-state index < -0.39 is 11.5 Å². The van der Waals surface area contributed by atoms with Crippen LogP contribution < -0.4 is 0 Å². The maximum atomic E-state index is 3.88. The van der Waals surface area contributed by atoms with Gasteiger partial charge in [0, 0.05) is 0 Å². The first-order chi connectivity index (χ1) is 2.89. The molecule has 0 aromatic heterocycles. The molecule has 0 saturated heterocycles. The average Bonchev–Trinajstić information content (AvgIpc) is 1.86. The summed E-state index contributed by atoms with van der Waals surface area (Å²) in [7, 11) is 0. The molecule has 1 aliphatic heterocycles. The fourth-order valence-electron chi connectivity index (χ4n) is 0.225. The molecule has 1 heterocycles. The minimum absolute atomic E-state index is 0.537. The van der Waals surface area contributed by atoms with Crippen LogP contribution in [0.1, 0.15) is 0 Å². The number of hydrogen-bond donors (Lipinski definition) is 0. The minimum atomic E-state index is -0.537. The molecule has 1 aliphatic rings. The van der Waals surface area contributed by atoms with Crippen LogP contribution in [0.2, 0.25) is 0 Å². The molecule has 32 valence electrons. The van der Waals surface area contributed by atoms with Gasteiger partial charge in [-0.3, -0.25) is 0 Å². The van der Waals surface area contributed by atoms with Crippen LogP contribution in [0.15, 0.2) is 16.2 Å². The second-order valence-electron chi connectivity index (χ2n) is 0.868. The molecule has 1 atom stereocenters. The fourth-order valence-corrected chi connectivity index (χ4v) is 2.25. The molecule has 6 heavy (non-hydrogen) atoms. The SMILES string of the molecule is [Se]=[Se]1C=CN=C1. The summed E-state index contributed by atoms with van der Waals surface area (Å²) in [6, 6.07) is 0. The quantitative estimate of drug-likeness (QED) is 0.493. The van der Waals surface area contributed by atoms with Gasteiger partial charge in [-0.05, 0) is 0 Å². The van der Waals surface area contributed by atoms with Crippen molar-refractivity contribution in [2.75, 3.05) is 0 Å². The van der Waals surface area contributed by atoms with Crippen molar-refractivity contribution < 1.29 is 0 Å². The van der Waals surface area contributed by atoms with Gasteiger partial charge in [-0.25, -0.2) is 0 Å². The van der Waals surface area contributed by atoms with Crippen molar-refractivity contribution in [3.63, 3.8) is 0 Å². The second-order valence-corrected chi connectivity index (χ2v) is 7.46. The van der Waals surface area contributed by atoms with Crippen molar-refractivity contribution in [1.29, 1.82) is 0 Å². The van der Waals surface area contributed by atoms with Gasteiger partial charge in [-0.2, -0.15) is 0 Å². The predicted octanol–water partition coefficient (Wildman–Crippen LogP) is -0.177. The van der Waals surface area contributed by atoms with Crippen LogP contribution in [-0.4, -0.2) is 30.3 Å². The standard InChI is InChI=1S/C3H3NSe2/c5-6-2-1-4-3-6/h1-3H. The van der Waals surface area contributed by atoms with E-state index in [1.54, 1.807) is 0 Å². The molecule has 0 amide bonds. The summed E-state index contributed by atoms with van der Waals surface area (Å²) in [5.41, 5.74) is 0. The van der Waals surface area contributed by atoms with Crippen molar-refractivity contribution in [2.24, 2.45) is 4.99 Å². The van der Waals surface area contributed by atoms with Gasteiger partial charge in [0.1, 0.15) is 0 Å². The number of rotatable bonds is 0. The molecule has 1 nitrogen and oxygen atoms in total. The van der Waals surface area contributed by atoms with Crippen LogP contribution in [0.25, 0.3) is 0 Å². The molecule has 0 bridgehead atoms. The zero-order valence-corrected chi connectivity index (χ0v) is 6.42. The van der Waals surface area contributed by atoms with Gasteiger partial charge in [0.2, 0.25) is 0 Å². The maximum absolute atomic E-state index is 3.88. The molecule has 0 aliphatic carbocycles. The van der Waals surface area contributed by atoms with Crippen LogP contribution in [-0.2, 0) is 0 Å². The summed E-state index contributed by atoms with van der Waals surface area (Å²) in [6.07, 6.45) is 1.85. The zero-order chi connectivity index (χ0) is 4.41. The third-order valence-electron chi connectivity index (χ3n) is 0.446. The molecule has 1 unspecified atom stereocenters. The molecule has 0 fully saturated rings. The Hall–Kier alpha value is 0.449. The summed E-state index contributed by atoms with van der Waals surface area (Å²) in [4.78, 5) is 6.01. The Morgan fingerprint density at radius 3 is 2.67 bits per heavy atom. The van der Waals surface area contributed by atoms with Crippen molar-refractivity contribution >= 4 is 30.3 Å². The Labute approximate surface area is 46.7 Å². The van der Waals surface area contributed by atoms with Crippen LogP contribution >= 0.6 is 0 Å². The number of nitrogens with zero attached hydrogens (tertiary/aromatic N) is 1. The monoisotopic (exact) mass is 213 g/mol. The Bertz CT molecular complexity index is 111. The normalized spacial score (nSPS) is 29.0. The van der Waals surface area contributed by atoms with Gasteiger partial charge >= 0.3 is 46.5 Å². The van der Waals surface area contributed by atoms with E-state index in [0.29, 0.717) is 0 Å². The number of aliphatic imine (C=N–C) groups is 1. The Kier molecular flexibility index (Phi) is 1.49. The molecule has 0 aromatic carbocycles. The van der Waals surface area contributed by atoms with E-state index in [0.717, 1.165) is 0 Å². The second kappa shape index (κ2) is 1.94. The molecule has 1 rings (SSSR count). The van der Waals surface area contributed by atoms with Crippen molar-refractivity contribution in [3.05, 3.63) is 11.2 Å². The van der Waals surface area contributed by atoms with Crippen molar-refractivity contribution in [2.45, 2.75) is 0 Å². The molecule has 0 saturated carbocycles. The van der Waals surface area contributed by atoms with Crippen LogP contribution in [0.3, 0.4) is 0 Å². The van der Waals surface area contributed by atoms with E-state index in [-0.39, 0.29) is 0 Å². The first-order valence-corrected chi connectivity index (χ1v) is 7.80. The summed E-state index contributed by atoms with van der Waals surface area (Å²) in [6.45, 7) is 0. The van der Waals surface area contributed by atoms with E-state index >= 15 is 0 Å². The van der Waals surface area contributed by atoms with E-state index in [2.05, 4.69) is 23.6 Å². The van der Waals surface area contributed by atoms with Gasteiger partial charge in [0.05, 0.1) is 0 Å². The van der Waals surface area contributed by atoms with Crippen LogP contribution in [0.4, 0.5) is 0 Å². The van der Waals surface area contributed by atoms with Crippen LogP contribution in [0.5, 0.6) is 0 Å². The van der Waals surface area contributed by atoms with Crippen LogP contribution in [0, 0.1) is 0 Å². The van der Waals surface area contributed by atoms with Gasteiger partial charge in [0.15, 0.2) is 0 Å². The first-order valence-electron chi connectivity index (χ1n) is 1.49. The third-order valence-corrected chi connectivity index (χ3v) is 4.10. The summed E-state index contributed by atoms with van der Waals surface area (Å²) < 4.78 is 0. The van der Waals surface area contributed by atoms with Gasteiger partial charge in [0.25, 0.3) is 0 Å². The van der Waals surface area contributed by atoms with Crippen molar-refractivity contribution in [1.82, 2.24) is 0 Å². The first kappa shape index (κ1) is 4.60. The molecule has 3 heteroatoms. The van der Waals surface area contributed by atoms with Gasteiger partial charge in [-0.15, -0.1) is 0 Å². The summed E-state index contributed by atoms with van der Waals surface area (Å²) in [5.74, 6) is 0. The van der Waals surface area contributed by atoms with Gasteiger partial charge in [-0.1, -0.05) is 0 Å². The Morgan fingerprint density at radius 2 is 2.50 bits per heavy atom. The Morgan fingerprint density at radius 1 is 1.67 bits per heavy atom. The summed E-state index contributed by atoms with van der Waals surface area (Å²) >= 11 is 2.49. The topological polar surface area (TPSA) is 12.4 Å². The molecule has 0 N–H and O–H groups in total. The zero-order valence-electron chi connectivity index (χ0n) is 3.00. The molecule has 0 aromatic rings. The third kappa shape index (κ3) is 0.954. The molecular formula is C3H3NSe2. The average molecular weight is 211 g/mol. The molecule has 0 radical (unpaired) electrons. The van der Waals surface area contributed by atoms with E-state index in [1.807, 2.05) is 11.3 Å². The van der Waals surface area contributed by atoms with E-state index in [4.69, 9.17) is 0 Å². The van der Waals surface area contributed by atoms with Crippen molar-refractivity contribution in [3.8, 4) is 0 Å². The van der Waals surface area contributed by atoms with E-state index in [9.17, 15) is 0 Å². The number of hydrogen-bond acceptors (Lipinski definition) is 1. The van der Waals surface area contributed by atoms with E-state index in [1.165, 1.54) is 0 Å². The van der Waals surface area contributed by atoms with Gasteiger partial charge < -0.3 is 0 Å². The predicted molar refractivity (Wildman–Crippen MR) is 29.1 cm³/mol. The summed E-state index contributed by atoms with van der Waals surface area (Å²) in [5, 5.41) is 1.99. The fraction of sp³-hybridized carbons (Fsp3) is 0. The Balaban J connectivity index is 2.86. The molecular weight excluding hydrogens is 208 g/mol. The molecule has 0 spiro atoms.